The fraction of sp³-hybridized carbons (Fsp3) is 0.588. The van der Waals surface area contributed by atoms with Crippen molar-refractivity contribution in [3.05, 3.63) is 29.8 Å². The Morgan fingerprint density at radius 1 is 1.46 bits per heavy atom. The Hall–Kier alpha value is -1.76. The van der Waals surface area contributed by atoms with Gasteiger partial charge in [-0.1, -0.05) is 12.1 Å². The highest BCUT2D eigenvalue weighted by molar-refractivity contribution is 5.79. The molecule has 0 unspecified atom stereocenters. The number of benzene rings is 1. The first-order valence-corrected chi connectivity index (χ1v) is 8.02. The van der Waals surface area contributed by atoms with Gasteiger partial charge in [0.1, 0.15) is 12.3 Å². The Morgan fingerprint density at radius 2 is 2.21 bits per heavy atom. The van der Waals surface area contributed by atoms with Crippen LogP contribution in [0, 0.1) is 5.92 Å². The van der Waals surface area contributed by atoms with Crippen molar-refractivity contribution in [2.24, 2.45) is 5.92 Å². The quantitative estimate of drug-likeness (QED) is 0.892. The highest BCUT2D eigenvalue weighted by Crippen LogP contribution is 2.28. The summed E-state index contributed by atoms with van der Waals surface area (Å²) in [6.45, 7) is 2.04. The highest BCUT2D eigenvalue weighted by atomic mass is 19.4. The average molecular weight is 344 g/mol. The lowest BCUT2D eigenvalue weighted by Crippen LogP contribution is -2.45. The Balaban J connectivity index is 1.97. The molecule has 134 valence electrons. The van der Waals surface area contributed by atoms with E-state index in [1.807, 2.05) is 36.5 Å². The Morgan fingerprint density at radius 3 is 2.88 bits per heavy atom. The molecule has 0 aliphatic carbocycles. The molecule has 4 nitrogen and oxygen atoms in total. The number of nitrogens with zero attached hydrogens (tertiary/aromatic N) is 1. The largest absolute Gasteiger partial charge is 0.497 e. The van der Waals surface area contributed by atoms with Crippen LogP contribution in [-0.2, 0) is 4.79 Å². The van der Waals surface area contributed by atoms with Crippen LogP contribution < -0.4 is 10.1 Å². The van der Waals surface area contributed by atoms with Gasteiger partial charge in [-0.2, -0.15) is 13.2 Å². The molecular weight excluding hydrogens is 321 g/mol. The van der Waals surface area contributed by atoms with Gasteiger partial charge in [0.25, 0.3) is 0 Å². The van der Waals surface area contributed by atoms with Gasteiger partial charge in [-0.25, -0.2) is 0 Å². The second kappa shape index (κ2) is 7.88. The van der Waals surface area contributed by atoms with E-state index in [1.165, 1.54) is 0 Å². The van der Waals surface area contributed by atoms with Crippen molar-refractivity contribution in [2.75, 3.05) is 26.7 Å². The minimum Gasteiger partial charge on any atom is -0.497 e. The second-order valence-electron chi connectivity index (χ2n) is 6.12. The van der Waals surface area contributed by atoms with Gasteiger partial charge in [0.2, 0.25) is 5.91 Å². The zero-order chi connectivity index (χ0) is 17.7. The van der Waals surface area contributed by atoms with Crippen molar-refractivity contribution < 1.29 is 22.7 Å². The number of carbonyl (C=O) groups is 1. The Kier molecular flexibility index (Phi) is 6.10. The van der Waals surface area contributed by atoms with E-state index in [0.717, 1.165) is 24.3 Å². The SMILES string of the molecule is COc1cccc([C@@H](C)N2CCC[C@H](C(=O)NCC(F)(F)F)C2)c1. The number of hydrogen-bond donors (Lipinski definition) is 1. The van der Waals surface area contributed by atoms with E-state index in [4.69, 9.17) is 4.74 Å². The predicted octanol–water partition coefficient (Wildman–Crippen LogP) is 3.15. The van der Waals surface area contributed by atoms with Crippen LogP contribution in [0.2, 0.25) is 0 Å². The van der Waals surface area contributed by atoms with Crippen molar-refractivity contribution in [3.63, 3.8) is 0 Å². The summed E-state index contributed by atoms with van der Waals surface area (Å²) in [6.07, 6.45) is -2.97. The smallest absolute Gasteiger partial charge is 0.405 e. The van der Waals surface area contributed by atoms with Gasteiger partial charge in [0.15, 0.2) is 0 Å². The van der Waals surface area contributed by atoms with Crippen molar-refractivity contribution in [1.82, 2.24) is 10.2 Å². The van der Waals surface area contributed by atoms with Gasteiger partial charge < -0.3 is 10.1 Å². The fourth-order valence-corrected chi connectivity index (χ4v) is 3.02. The number of rotatable bonds is 5. The average Bonchev–Trinajstić information content (AvgIpc) is 2.58. The van der Waals surface area contributed by atoms with Crippen LogP contribution in [0.3, 0.4) is 0 Å². The summed E-state index contributed by atoms with van der Waals surface area (Å²) in [5.74, 6) is -0.167. The minimum atomic E-state index is -4.38. The van der Waals surface area contributed by atoms with E-state index in [2.05, 4.69) is 4.90 Å². The summed E-state index contributed by atoms with van der Waals surface area (Å²) < 4.78 is 42.0. The van der Waals surface area contributed by atoms with Gasteiger partial charge in [-0.15, -0.1) is 0 Å². The van der Waals surface area contributed by atoms with Gasteiger partial charge in [-0.3, -0.25) is 9.69 Å². The van der Waals surface area contributed by atoms with Crippen LogP contribution in [-0.4, -0.2) is 43.7 Å². The molecule has 1 aromatic rings. The van der Waals surface area contributed by atoms with Gasteiger partial charge in [0.05, 0.1) is 13.0 Å². The first-order valence-electron chi connectivity index (χ1n) is 8.02. The van der Waals surface area contributed by atoms with Crippen LogP contribution in [0.25, 0.3) is 0 Å². The molecule has 24 heavy (non-hydrogen) atoms. The number of hydrogen-bond acceptors (Lipinski definition) is 3. The topological polar surface area (TPSA) is 41.6 Å². The minimum absolute atomic E-state index is 0.0679. The summed E-state index contributed by atoms with van der Waals surface area (Å²) in [6, 6.07) is 7.76. The number of ether oxygens (including phenoxy) is 1. The Labute approximate surface area is 140 Å². The number of halogens is 3. The predicted molar refractivity (Wildman–Crippen MR) is 84.8 cm³/mol. The molecule has 0 spiro atoms. The molecule has 1 fully saturated rings. The summed E-state index contributed by atoms with van der Waals surface area (Å²) in [5.41, 5.74) is 1.06. The van der Waals surface area contributed by atoms with Crippen molar-refractivity contribution in [3.8, 4) is 5.75 Å². The number of carbonyl (C=O) groups excluding carboxylic acids is 1. The normalized spacial score (nSPS) is 20.5. The summed E-state index contributed by atoms with van der Waals surface area (Å²) in [7, 11) is 1.60. The molecule has 1 heterocycles. The molecule has 1 aromatic carbocycles. The molecule has 7 heteroatoms. The fourth-order valence-electron chi connectivity index (χ4n) is 3.02. The zero-order valence-corrected chi connectivity index (χ0v) is 13.9. The first-order chi connectivity index (χ1) is 11.3. The van der Waals surface area contributed by atoms with E-state index in [1.54, 1.807) is 7.11 Å². The molecule has 1 aliphatic heterocycles. The van der Waals surface area contributed by atoms with E-state index >= 15 is 0 Å². The van der Waals surface area contributed by atoms with E-state index < -0.39 is 24.5 Å². The molecular formula is C17H23F3N2O2. The van der Waals surface area contributed by atoms with Gasteiger partial charge in [-0.05, 0) is 44.0 Å². The highest BCUT2D eigenvalue weighted by Gasteiger charge is 2.32. The van der Waals surface area contributed by atoms with Crippen molar-refractivity contribution in [1.29, 1.82) is 0 Å². The number of piperidine rings is 1. The van der Waals surface area contributed by atoms with Gasteiger partial charge in [0, 0.05) is 12.6 Å². The summed E-state index contributed by atoms with van der Waals surface area (Å²) in [5, 5.41) is 2.00. The lowest BCUT2D eigenvalue weighted by atomic mass is 9.94. The van der Waals surface area contributed by atoms with Crippen molar-refractivity contribution in [2.45, 2.75) is 32.0 Å². The number of likely N-dealkylation sites (tertiary alicyclic amines) is 1. The maximum absolute atomic E-state index is 12.2. The molecule has 2 rings (SSSR count). The molecule has 0 radical (unpaired) electrons. The third-order valence-corrected chi connectivity index (χ3v) is 4.41. The molecule has 1 N–H and O–H groups in total. The molecule has 0 saturated carbocycles. The molecule has 0 aromatic heterocycles. The first kappa shape index (κ1) is 18.6. The maximum atomic E-state index is 12.2. The number of methoxy groups -OCH3 is 1. The van der Waals surface area contributed by atoms with Crippen LogP contribution >= 0.6 is 0 Å². The van der Waals surface area contributed by atoms with Gasteiger partial charge >= 0.3 is 6.18 Å². The van der Waals surface area contributed by atoms with Crippen LogP contribution in [0.15, 0.2) is 24.3 Å². The lowest BCUT2D eigenvalue weighted by Gasteiger charge is -2.36. The summed E-state index contributed by atoms with van der Waals surface area (Å²) in [4.78, 5) is 14.1. The lowest BCUT2D eigenvalue weighted by molar-refractivity contribution is -0.142. The zero-order valence-electron chi connectivity index (χ0n) is 13.9. The Bertz CT molecular complexity index is 563. The molecule has 0 bridgehead atoms. The number of nitrogens with one attached hydrogen (secondary N) is 1. The number of amides is 1. The second-order valence-corrected chi connectivity index (χ2v) is 6.12. The van der Waals surface area contributed by atoms with Crippen LogP contribution in [0.1, 0.15) is 31.4 Å². The van der Waals surface area contributed by atoms with E-state index in [0.29, 0.717) is 13.0 Å². The third kappa shape index (κ3) is 5.12. The van der Waals surface area contributed by atoms with E-state index in [9.17, 15) is 18.0 Å². The van der Waals surface area contributed by atoms with E-state index in [-0.39, 0.29) is 6.04 Å². The third-order valence-electron chi connectivity index (χ3n) is 4.41. The molecule has 1 amide bonds. The number of alkyl halides is 3. The van der Waals surface area contributed by atoms with Crippen LogP contribution in [0.5, 0.6) is 5.75 Å². The monoisotopic (exact) mass is 344 g/mol. The maximum Gasteiger partial charge on any atom is 0.405 e. The summed E-state index contributed by atoms with van der Waals surface area (Å²) >= 11 is 0. The van der Waals surface area contributed by atoms with Crippen LogP contribution in [0.4, 0.5) is 13.2 Å². The molecule has 2 atom stereocenters. The molecule has 1 saturated heterocycles. The van der Waals surface area contributed by atoms with Crippen molar-refractivity contribution >= 4 is 5.91 Å². The molecule has 1 aliphatic rings. The standard InChI is InChI=1S/C17H23F3N2O2/c1-12(13-5-3-7-15(9-13)24-2)22-8-4-6-14(10-22)16(23)21-11-17(18,19)20/h3,5,7,9,12,14H,4,6,8,10-11H2,1-2H3,(H,21,23)/t12-,14+/m1/s1.